The normalized spacial score (nSPS) is 12.7. The van der Waals surface area contributed by atoms with Gasteiger partial charge in [-0.15, -0.1) is 10.2 Å². The van der Waals surface area contributed by atoms with Crippen molar-refractivity contribution in [1.29, 1.82) is 0 Å². The van der Waals surface area contributed by atoms with Crippen LogP contribution in [0.2, 0.25) is 0 Å². The van der Waals surface area contributed by atoms with Crippen LogP contribution >= 0.6 is 0 Å². The van der Waals surface area contributed by atoms with E-state index in [0.29, 0.717) is 0 Å². The molecule has 0 bridgehead atoms. The SMILES string of the molecule is C[C@H](C(=O)c1c(N)n(C)c(=O)n(C)c1=O)n1nnc(-c2cccc(C(F)(F)F)c2)n1. The monoisotopic (exact) mass is 423 g/mol. The van der Waals surface area contributed by atoms with E-state index in [4.69, 9.17) is 5.73 Å². The minimum Gasteiger partial charge on any atom is -0.384 e. The van der Waals surface area contributed by atoms with Crippen molar-refractivity contribution < 1.29 is 18.0 Å². The summed E-state index contributed by atoms with van der Waals surface area (Å²) in [6.45, 7) is 1.36. The summed E-state index contributed by atoms with van der Waals surface area (Å²) in [5.74, 6) is -1.24. The first kappa shape index (κ1) is 21.0. The lowest BCUT2D eigenvalue weighted by Crippen LogP contribution is -2.42. The molecule has 0 aliphatic carbocycles. The fourth-order valence-corrected chi connectivity index (χ4v) is 2.74. The number of nitrogens with two attached hydrogens (primary N) is 1. The van der Waals surface area contributed by atoms with Crippen molar-refractivity contribution in [2.75, 3.05) is 5.73 Å². The number of hydrogen-bond acceptors (Lipinski definition) is 7. The Labute approximate surface area is 166 Å². The molecule has 1 aromatic carbocycles. The Balaban J connectivity index is 1.99. The Kier molecular flexibility index (Phi) is 5.06. The minimum absolute atomic E-state index is 0.0493. The molecule has 0 unspecified atom stereocenters. The van der Waals surface area contributed by atoms with Crippen LogP contribution < -0.4 is 17.0 Å². The Morgan fingerprint density at radius 1 is 1.17 bits per heavy atom. The van der Waals surface area contributed by atoms with E-state index in [-0.39, 0.29) is 17.2 Å². The number of alkyl halides is 3. The third-order valence-electron chi connectivity index (χ3n) is 4.56. The number of nitrogens with zero attached hydrogens (tertiary/aromatic N) is 6. The largest absolute Gasteiger partial charge is 0.416 e. The van der Waals surface area contributed by atoms with Gasteiger partial charge in [-0.25, -0.2) is 4.79 Å². The van der Waals surface area contributed by atoms with Crippen LogP contribution in [-0.2, 0) is 20.3 Å². The molecule has 0 aliphatic heterocycles. The van der Waals surface area contributed by atoms with E-state index in [1.54, 1.807) is 0 Å². The third kappa shape index (κ3) is 3.49. The van der Waals surface area contributed by atoms with Crippen LogP contribution in [0.4, 0.5) is 19.0 Å². The zero-order valence-corrected chi connectivity index (χ0v) is 16.0. The molecule has 3 aromatic rings. The molecule has 158 valence electrons. The highest BCUT2D eigenvalue weighted by Gasteiger charge is 2.31. The molecule has 0 spiro atoms. The summed E-state index contributed by atoms with van der Waals surface area (Å²) in [5, 5.41) is 11.4. The Morgan fingerprint density at radius 2 is 1.83 bits per heavy atom. The molecule has 1 atom stereocenters. The highest BCUT2D eigenvalue weighted by Crippen LogP contribution is 2.31. The second-order valence-electron chi connectivity index (χ2n) is 6.52. The molecule has 30 heavy (non-hydrogen) atoms. The standard InChI is InChI=1S/C17H16F3N7O3/c1-8(12(28)11-13(21)25(2)16(30)26(3)15(11)29)27-23-14(22-24-27)9-5-4-6-10(7-9)17(18,19)20/h4-8H,21H2,1-3H3/t8-/m1/s1. The van der Waals surface area contributed by atoms with Gasteiger partial charge in [0, 0.05) is 19.7 Å². The van der Waals surface area contributed by atoms with E-state index < -0.39 is 40.4 Å². The fraction of sp³-hybridized carbons (Fsp3) is 0.294. The van der Waals surface area contributed by atoms with Gasteiger partial charge < -0.3 is 5.73 Å². The number of halogens is 3. The first-order valence-electron chi connectivity index (χ1n) is 8.50. The fourth-order valence-electron chi connectivity index (χ4n) is 2.74. The summed E-state index contributed by atoms with van der Waals surface area (Å²) in [7, 11) is 2.50. The van der Waals surface area contributed by atoms with E-state index in [9.17, 15) is 27.6 Å². The molecule has 13 heteroatoms. The van der Waals surface area contributed by atoms with E-state index in [1.165, 1.54) is 33.2 Å². The smallest absolute Gasteiger partial charge is 0.384 e. The predicted octanol–water partition coefficient (Wildman–Crippen LogP) is 0.782. The molecule has 2 aromatic heterocycles. The molecule has 0 aliphatic rings. The van der Waals surface area contributed by atoms with Crippen LogP contribution in [-0.4, -0.2) is 35.1 Å². The van der Waals surface area contributed by atoms with Crippen LogP contribution in [0, 0.1) is 0 Å². The van der Waals surface area contributed by atoms with Crippen LogP contribution in [0.5, 0.6) is 0 Å². The number of aromatic nitrogens is 6. The van der Waals surface area contributed by atoms with Gasteiger partial charge in [0.25, 0.3) is 5.56 Å². The maximum atomic E-state index is 12.9. The number of nitrogen functional groups attached to an aromatic ring is 1. The lowest BCUT2D eigenvalue weighted by atomic mass is 10.1. The average Bonchev–Trinajstić information content (AvgIpc) is 3.20. The Morgan fingerprint density at radius 3 is 2.47 bits per heavy atom. The number of hydrogen-bond donors (Lipinski definition) is 1. The lowest BCUT2D eigenvalue weighted by Gasteiger charge is -2.13. The number of carbonyl (C=O) groups excluding carboxylic acids is 1. The summed E-state index contributed by atoms with van der Waals surface area (Å²) in [4.78, 5) is 38.0. The van der Waals surface area contributed by atoms with E-state index in [2.05, 4.69) is 15.4 Å². The number of tetrazole rings is 1. The van der Waals surface area contributed by atoms with Gasteiger partial charge in [-0.2, -0.15) is 18.0 Å². The molecule has 10 nitrogen and oxygen atoms in total. The van der Waals surface area contributed by atoms with E-state index in [1.807, 2.05) is 0 Å². The van der Waals surface area contributed by atoms with Crippen molar-refractivity contribution in [3.8, 4) is 11.4 Å². The second-order valence-corrected chi connectivity index (χ2v) is 6.52. The van der Waals surface area contributed by atoms with Gasteiger partial charge in [-0.05, 0) is 24.3 Å². The van der Waals surface area contributed by atoms with Crippen molar-refractivity contribution in [3.63, 3.8) is 0 Å². The molecule has 0 radical (unpaired) electrons. The molecule has 0 saturated heterocycles. The summed E-state index contributed by atoms with van der Waals surface area (Å²) < 4.78 is 40.4. The van der Waals surface area contributed by atoms with E-state index in [0.717, 1.165) is 26.1 Å². The van der Waals surface area contributed by atoms with Gasteiger partial charge in [0.1, 0.15) is 17.4 Å². The Hall–Kier alpha value is -3.77. The van der Waals surface area contributed by atoms with Crippen molar-refractivity contribution in [2.45, 2.75) is 19.1 Å². The van der Waals surface area contributed by atoms with Gasteiger partial charge in [-0.1, -0.05) is 12.1 Å². The number of Topliss-reactive ketones (excluding diaryl/α,β-unsaturated/α-hetero) is 1. The van der Waals surface area contributed by atoms with Gasteiger partial charge in [0.05, 0.1) is 5.56 Å². The molecule has 0 saturated carbocycles. The van der Waals surface area contributed by atoms with Crippen LogP contribution in [0.25, 0.3) is 11.4 Å². The number of anilines is 1. The molecule has 2 heterocycles. The molecule has 0 fully saturated rings. The second kappa shape index (κ2) is 7.24. The van der Waals surface area contributed by atoms with Crippen LogP contribution in [0.3, 0.4) is 0 Å². The summed E-state index contributed by atoms with van der Waals surface area (Å²) in [5.41, 5.74) is 2.93. The van der Waals surface area contributed by atoms with Crippen LogP contribution in [0.1, 0.15) is 28.9 Å². The maximum absolute atomic E-state index is 12.9. The zero-order chi connectivity index (χ0) is 22.4. The molecular formula is C17H16F3N7O3. The predicted molar refractivity (Wildman–Crippen MR) is 98.6 cm³/mol. The van der Waals surface area contributed by atoms with Gasteiger partial charge in [-0.3, -0.25) is 18.7 Å². The molecular weight excluding hydrogens is 407 g/mol. The number of carbonyl (C=O) groups is 1. The zero-order valence-electron chi connectivity index (χ0n) is 16.0. The van der Waals surface area contributed by atoms with Crippen molar-refractivity contribution in [1.82, 2.24) is 29.3 Å². The number of benzene rings is 1. The first-order chi connectivity index (χ1) is 13.9. The number of rotatable bonds is 4. The topological polar surface area (TPSA) is 131 Å². The quantitative estimate of drug-likeness (QED) is 0.614. The first-order valence-corrected chi connectivity index (χ1v) is 8.50. The summed E-state index contributed by atoms with van der Waals surface area (Å²) in [6.07, 6.45) is -4.55. The Bertz CT molecular complexity index is 1260. The van der Waals surface area contributed by atoms with Crippen molar-refractivity contribution in [2.24, 2.45) is 14.1 Å². The number of ketones is 1. The van der Waals surface area contributed by atoms with Crippen LogP contribution in [0.15, 0.2) is 33.9 Å². The molecule has 2 N–H and O–H groups in total. The molecule has 0 amide bonds. The highest BCUT2D eigenvalue weighted by atomic mass is 19.4. The summed E-state index contributed by atoms with van der Waals surface area (Å²) >= 11 is 0. The van der Waals surface area contributed by atoms with Gasteiger partial charge in [0.15, 0.2) is 5.78 Å². The lowest BCUT2D eigenvalue weighted by molar-refractivity contribution is -0.137. The van der Waals surface area contributed by atoms with Gasteiger partial charge >= 0.3 is 11.9 Å². The van der Waals surface area contributed by atoms with Gasteiger partial charge in [0.2, 0.25) is 5.82 Å². The highest BCUT2D eigenvalue weighted by molar-refractivity contribution is 6.02. The summed E-state index contributed by atoms with van der Waals surface area (Å²) in [6, 6.07) is 3.16. The van der Waals surface area contributed by atoms with Crippen molar-refractivity contribution in [3.05, 3.63) is 56.2 Å². The molecule has 3 rings (SSSR count). The van der Waals surface area contributed by atoms with E-state index >= 15 is 0 Å². The average molecular weight is 423 g/mol. The maximum Gasteiger partial charge on any atom is 0.416 e. The van der Waals surface area contributed by atoms with Crippen molar-refractivity contribution >= 4 is 11.6 Å². The third-order valence-corrected chi connectivity index (χ3v) is 4.56. The minimum atomic E-state index is -4.55.